The number of ketones is 1. The van der Waals surface area contributed by atoms with Crippen molar-refractivity contribution in [1.82, 2.24) is 0 Å². The normalized spacial score (nSPS) is 9.77. The van der Waals surface area contributed by atoms with Crippen molar-refractivity contribution >= 4 is 61.9 Å². The summed E-state index contributed by atoms with van der Waals surface area (Å²) in [5, 5.41) is 2.97. The number of nitrogens with two attached hydrogens (primary N) is 1. The lowest BCUT2D eigenvalue weighted by Gasteiger charge is -2.11. The number of benzene rings is 2. The molecule has 0 spiro atoms. The van der Waals surface area contributed by atoms with Gasteiger partial charge in [0.25, 0.3) is 0 Å². The second-order valence-corrected chi connectivity index (χ2v) is 5.57. The van der Waals surface area contributed by atoms with Crippen molar-refractivity contribution in [3.63, 3.8) is 0 Å². The van der Waals surface area contributed by atoms with E-state index in [0.717, 1.165) is 4.47 Å². The predicted molar refractivity (Wildman–Crippen MR) is 97.0 cm³/mol. The van der Waals surface area contributed by atoms with Gasteiger partial charge in [-0.15, -0.1) is 17.0 Å². The van der Waals surface area contributed by atoms with Gasteiger partial charge < -0.3 is 11.1 Å². The molecule has 0 saturated carbocycles. The molecule has 0 aliphatic heterocycles. The number of anilines is 1. The number of hydrogen-bond donors (Lipinski definition) is 2. The second-order valence-electron chi connectivity index (χ2n) is 4.25. The van der Waals surface area contributed by atoms with Gasteiger partial charge in [-0.3, -0.25) is 9.59 Å². The molecule has 0 saturated heterocycles. The first-order valence-electron chi connectivity index (χ1n) is 6.11. The molecule has 0 radical (unpaired) electrons. The molecule has 7 heteroatoms. The zero-order chi connectivity index (χ0) is 15.4. The van der Waals surface area contributed by atoms with Gasteiger partial charge in [0.15, 0.2) is 5.78 Å². The van der Waals surface area contributed by atoms with Crippen LogP contribution >= 0.6 is 44.5 Å². The first-order valence-corrected chi connectivity index (χ1v) is 7.28. The molecular weight excluding hydrogens is 435 g/mol. The van der Waals surface area contributed by atoms with Crippen molar-refractivity contribution in [1.29, 1.82) is 0 Å². The summed E-state index contributed by atoms with van der Waals surface area (Å²) in [6, 6.07) is 11.8. The third-order valence-corrected chi connectivity index (χ3v) is 3.63. The van der Waals surface area contributed by atoms with Crippen LogP contribution in [0.25, 0.3) is 0 Å². The van der Waals surface area contributed by atoms with Crippen LogP contribution in [-0.4, -0.2) is 18.2 Å². The number of nitrogens with one attached hydrogen (secondary N) is 1. The van der Waals surface area contributed by atoms with E-state index in [1.807, 2.05) is 0 Å². The molecule has 0 bridgehead atoms. The fourth-order valence-corrected chi connectivity index (χ4v) is 2.39. The average Bonchev–Trinajstić information content (AvgIpc) is 2.48. The number of halogens is 3. The van der Waals surface area contributed by atoms with E-state index in [9.17, 15) is 9.59 Å². The molecular formula is C15H13Br2ClN2O2. The summed E-state index contributed by atoms with van der Waals surface area (Å²) in [5.41, 5.74) is 6.41. The fourth-order valence-electron chi connectivity index (χ4n) is 1.81. The van der Waals surface area contributed by atoms with Crippen LogP contribution in [0.15, 0.2) is 46.9 Å². The van der Waals surface area contributed by atoms with Gasteiger partial charge in [0, 0.05) is 15.6 Å². The summed E-state index contributed by atoms with van der Waals surface area (Å²) in [6.07, 6.45) is 0. The van der Waals surface area contributed by atoms with Gasteiger partial charge >= 0.3 is 0 Å². The maximum atomic E-state index is 12.6. The van der Waals surface area contributed by atoms with Gasteiger partial charge in [-0.1, -0.05) is 39.7 Å². The van der Waals surface area contributed by atoms with Crippen molar-refractivity contribution in [2.24, 2.45) is 5.73 Å². The molecule has 4 nitrogen and oxygen atoms in total. The second kappa shape index (κ2) is 8.43. The maximum Gasteiger partial charge on any atom is 0.238 e. The Hall–Kier alpha value is -1.21. The monoisotopic (exact) mass is 446 g/mol. The SMILES string of the molecule is Br.NCC(=O)Nc1ccc(Br)cc1C(=O)c1ccccc1Cl. The van der Waals surface area contributed by atoms with Gasteiger partial charge in [-0.05, 0) is 30.3 Å². The molecule has 22 heavy (non-hydrogen) atoms. The molecule has 0 aliphatic rings. The van der Waals surface area contributed by atoms with Crippen LogP contribution in [0, 0.1) is 0 Å². The Labute approximate surface area is 151 Å². The molecule has 2 aromatic carbocycles. The number of rotatable bonds is 4. The number of hydrogen-bond acceptors (Lipinski definition) is 3. The van der Waals surface area contributed by atoms with E-state index in [1.54, 1.807) is 42.5 Å². The highest BCUT2D eigenvalue weighted by Crippen LogP contribution is 2.26. The Morgan fingerprint density at radius 1 is 1.14 bits per heavy atom. The standard InChI is InChI=1S/C15H12BrClN2O2.BrH/c16-9-5-6-13(19-14(20)8-18)11(7-9)15(21)10-3-1-2-4-12(10)17;/h1-7H,8,18H2,(H,19,20);1H. The lowest BCUT2D eigenvalue weighted by molar-refractivity contribution is -0.114. The molecule has 3 N–H and O–H groups in total. The van der Waals surface area contributed by atoms with Crippen molar-refractivity contribution in [3.8, 4) is 0 Å². The summed E-state index contributed by atoms with van der Waals surface area (Å²) in [5.74, 6) is -0.639. The van der Waals surface area contributed by atoms with Crippen molar-refractivity contribution in [2.75, 3.05) is 11.9 Å². The Morgan fingerprint density at radius 3 is 2.45 bits per heavy atom. The van der Waals surface area contributed by atoms with Gasteiger partial charge in [0.1, 0.15) is 0 Å². The first kappa shape index (κ1) is 18.8. The summed E-state index contributed by atoms with van der Waals surface area (Å²) < 4.78 is 0.726. The van der Waals surface area contributed by atoms with E-state index >= 15 is 0 Å². The maximum absolute atomic E-state index is 12.6. The highest BCUT2D eigenvalue weighted by atomic mass is 79.9. The molecule has 2 rings (SSSR count). The van der Waals surface area contributed by atoms with Gasteiger partial charge in [0.05, 0.1) is 17.3 Å². The summed E-state index contributed by atoms with van der Waals surface area (Å²) in [4.78, 5) is 24.1. The van der Waals surface area contributed by atoms with Crippen LogP contribution in [-0.2, 0) is 4.79 Å². The minimum Gasteiger partial charge on any atom is -0.324 e. The minimum absolute atomic E-state index is 0. The van der Waals surface area contributed by atoms with Crippen LogP contribution in [0.4, 0.5) is 5.69 Å². The summed E-state index contributed by atoms with van der Waals surface area (Å²) in [7, 11) is 0. The van der Waals surface area contributed by atoms with E-state index in [4.69, 9.17) is 17.3 Å². The van der Waals surface area contributed by atoms with E-state index in [0.29, 0.717) is 21.8 Å². The van der Waals surface area contributed by atoms with Gasteiger partial charge in [-0.2, -0.15) is 0 Å². The lowest BCUT2D eigenvalue weighted by Crippen LogP contribution is -2.23. The molecule has 116 valence electrons. The van der Waals surface area contributed by atoms with Crippen LogP contribution < -0.4 is 11.1 Å². The number of amides is 1. The third-order valence-electron chi connectivity index (χ3n) is 2.80. The molecule has 2 aromatic rings. The van der Waals surface area contributed by atoms with Gasteiger partial charge in [0.2, 0.25) is 5.91 Å². The highest BCUT2D eigenvalue weighted by Gasteiger charge is 2.17. The van der Waals surface area contributed by atoms with E-state index in [1.165, 1.54) is 0 Å². The zero-order valence-corrected chi connectivity index (χ0v) is 15.4. The van der Waals surface area contributed by atoms with Crippen LogP contribution in [0.3, 0.4) is 0 Å². The largest absolute Gasteiger partial charge is 0.324 e. The predicted octanol–water partition coefficient (Wildman–Crippen LogP) is 3.81. The zero-order valence-electron chi connectivity index (χ0n) is 11.3. The summed E-state index contributed by atoms with van der Waals surface area (Å²) in [6.45, 7) is -0.157. The molecule has 0 aromatic heterocycles. The number of carbonyl (C=O) groups excluding carboxylic acids is 2. The average molecular weight is 449 g/mol. The topological polar surface area (TPSA) is 72.2 Å². The third kappa shape index (κ3) is 4.39. The number of carbonyl (C=O) groups is 2. The molecule has 0 heterocycles. The van der Waals surface area contributed by atoms with E-state index in [-0.39, 0.29) is 35.2 Å². The molecule has 0 fully saturated rings. The molecule has 0 unspecified atom stereocenters. The summed E-state index contributed by atoms with van der Waals surface area (Å²) >= 11 is 9.37. The smallest absolute Gasteiger partial charge is 0.238 e. The van der Waals surface area contributed by atoms with E-state index < -0.39 is 0 Å². The minimum atomic E-state index is -0.370. The fraction of sp³-hybridized carbons (Fsp3) is 0.0667. The van der Waals surface area contributed by atoms with Crippen LogP contribution in [0.1, 0.15) is 15.9 Å². The molecule has 1 amide bonds. The van der Waals surface area contributed by atoms with E-state index in [2.05, 4.69) is 21.2 Å². The van der Waals surface area contributed by atoms with Crippen LogP contribution in [0.2, 0.25) is 5.02 Å². The van der Waals surface area contributed by atoms with Crippen molar-refractivity contribution in [3.05, 3.63) is 63.1 Å². The Bertz CT molecular complexity index is 708. The highest BCUT2D eigenvalue weighted by molar-refractivity contribution is 9.10. The van der Waals surface area contributed by atoms with Crippen LogP contribution in [0.5, 0.6) is 0 Å². The van der Waals surface area contributed by atoms with Crippen molar-refractivity contribution < 1.29 is 9.59 Å². The van der Waals surface area contributed by atoms with Crippen molar-refractivity contribution in [2.45, 2.75) is 0 Å². The Morgan fingerprint density at radius 2 is 1.82 bits per heavy atom. The Balaban J connectivity index is 0.00000242. The first-order chi connectivity index (χ1) is 10.0. The molecule has 0 atom stereocenters. The lowest BCUT2D eigenvalue weighted by atomic mass is 10.0. The molecule has 0 aliphatic carbocycles. The van der Waals surface area contributed by atoms with Gasteiger partial charge in [-0.25, -0.2) is 0 Å². The Kier molecular flexibility index (Phi) is 7.22. The quantitative estimate of drug-likeness (QED) is 0.699.